The fraction of sp³-hybridized carbons (Fsp3) is 0.464. The summed E-state index contributed by atoms with van der Waals surface area (Å²) in [7, 11) is 1.76. The normalized spacial score (nSPS) is 18.6. The van der Waals surface area contributed by atoms with Gasteiger partial charge in [-0.3, -0.25) is 0 Å². The van der Waals surface area contributed by atoms with Crippen LogP contribution < -0.4 is 5.32 Å². The average Bonchev–Trinajstić information content (AvgIpc) is 3.27. The zero-order valence-corrected chi connectivity index (χ0v) is 20.4. The minimum atomic E-state index is -0.00943. The van der Waals surface area contributed by atoms with Crippen molar-refractivity contribution in [1.29, 1.82) is 0 Å². The highest BCUT2D eigenvalue weighted by Gasteiger charge is 2.37. The van der Waals surface area contributed by atoms with Gasteiger partial charge in [0.05, 0.1) is 11.8 Å². The number of nitrogens with zero attached hydrogens (tertiary/aromatic N) is 3. The first-order chi connectivity index (χ1) is 15.9. The van der Waals surface area contributed by atoms with Crippen molar-refractivity contribution in [3.63, 3.8) is 0 Å². The van der Waals surface area contributed by atoms with Crippen LogP contribution in [0.2, 0.25) is 0 Å². The van der Waals surface area contributed by atoms with Crippen molar-refractivity contribution < 1.29 is 4.74 Å². The zero-order chi connectivity index (χ0) is 23.2. The van der Waals surface area contributed by atoms with Gasteiger partial charge in [0.15, 0.2) is 0 Å². The lowest BCUT2D eigenvalue weighted by Crippen LogP contribution is -2.56. The molecule has 33 heavy (non-hydrogen) atoms. The lowest BCUT2D eigenvalue weighted by molar-refractivity contribution is 0.120. The number of methoxy groups -OCH3 is 1. The summed E-state index contributed by atoms with van der Waals surface area (Å²) in [6, 6.07) is 11.1. The van der Waals surface area contributed by atoms with E-state index in [1.165, 1.54) is 16.7 Å². The molecule has 0 aliphatic carbocycles. The first-order valence-corrected chi connectivity index (χ1v) is 12.2. The van der Waals surface area contributed by atoms with Crippen molar-refractivity contribution in [3.8, 4) is 0 Å². The molecule has 1 fully saturated rings. The Balaban J connectivity index is 1.36. The van der Waals surface area contributed by atoms with E-state index in [-0.39, 0.29) is 11.6 Å². The van der Waals surface area contributed by atoms with Gasteiger partial charge in [-0.15, -0.1) is 0 Å². The fourth-order valence-corrected chi connectivity index (χ4v) is 5.36. The summed E-state index contributed by atoms with van der Waals surface area (Å²) in [5, 5.41) is 3.86. The number of rotatable bonds is 5. The molecule has 4 heterocycles. The minimum Gasteiger partial charge on any atom is -0.377 e. The van der Waals surface area contributed by atoms with Crippen LogP contribution >= 0.6 is 0 Å². The number of hydrogen-bond acceptors (Lipinski definition) is 4. The van der Waals surface area contributed by atoms with E-state index in [4.69, 9.17) is 9.72 Å². The summed E-state index contributed by atoms with van der Waals surface area (Å²) in [6.07, 6.45) is 7.69. The lowest BCUT2D eigenvalue weighted by atomic mass is 9.78. The zero-order valence-electron chi connectivity index (χ0n) is 20.4. The smallest absolute Gasteiger partial charge is 0.143 e. The molecule has 2 aromatic heterocycles. The van der Waals surface area contributed by atoms with Crippen molar-refractivity contribution in [2.45, 2.75) is 64.1 Å². The second-order valence-corrected chi connectivity index (χ2v) is 10.1. The molecule has 5 heteroatoms. The van der Waals surface area contributed by atoms with Crippen LogP contribution in [0.3, 0.4) is 0 Å². The molecule has 1 saturated heterocycles. The molecule has 1 aromatic carbocycles. The topological polar surface area (TPSA) is 41.8 Å². The number of aromatic nitrogens is 2. The number of ether oxygens (including phenoxy) is 1. The summed E-state index contributed by atoms with van der Waals surface area (Å²) in [5.74, 6) is 0.442. The van der Waals surface area contributed by atoms with Gasteiger partial charge >= 0.3 is 0 Å². The van der Waals surface area contributed by atoms with Crippen LogP contribution in [0.15, 0.2) is 49.3 Å². The van der Waals surface area contributed by atoms with Crippen molar-refractivity contribution in [2.75, 3.05) is 20.2 Å². The molecule has 1 unspecified atom stereocenters. The van der Waals surface area contributed by atoms with E-state index in [1.54, 1.807) is 7.11 Å². The van der Waals surface area contributed by atoms with Crippen LogP contribution in [0.1, 0.15) is 73.6 Å². The number of likely N-dealkylation sites (tertiary alicyclic amines) is 1. The number of fused-ring (bicyclic) bond motifs is 2. The van der Waals surface area contributed by atoms with Crippen LogP contribution in [-0.4, -0.2) is 40.0 Å². The first kappa shape index (κ1) is 22.2. The van der Waals surface area contributed by atoms with Gasteiger partial charge in [-0.2, -0.15) is 0 Å². The Morgan fingerprint density at radius 3 is 2.55 bits per heavy atom. The Morgan fingerprint density at radius 1 is 1.12 bits per heavy atom. The summed E-state index contributed by atoms with van der Waals surface area (Å²) in [5.41, 5.74) is 8.52. The lowest BCUT2D eigenvalue weighted by Gasteiger charge is -2.46. The van der Waals surface area contributed by atoms with Gasteiger partial charge in [0.1, 0.15) is 11.3 Å². The Kier molecular flexibility index (Phi) is 5.79. The maximum Gasteiger partial charge on any atom is 0.143 e. The van der Waals surface area contributed by atoms with Crippen LogP contribution in [0.25, 0.3) is 11.3 Å². The number of imidazole rings is 1. The first-order valence-electron chi connectivity index (χ1n) is 12.2. The molecule has 0 radical (unpaired) electrons. The van der Waals surface area contributed by atoms with Crippen LogP contribution in [0.4, 0.5) is 0 Å². The molecule has 0 amide bonds. The second kappa shape index (κ2) is 8.62. The van der Waals surface area contributed by atoms with E-state index in [9.17, 15) is 0 Å². The molecule has 0 saturated carbocycles. The maximum atomic E-state index is 5.66. The van der Waals surface area contributed by atoms with Crippen LogP contribution in [0, 0.1) is 0 Å². The SMILES string of the molecule is C=C(c1cn2cc(C(C)C)cc(C(C)OC)c2n1)N1CCC2(CC1)Cc1ccccc1CN2. The highest BCUT2D eigenvalue weighted by atomic mass is 16.5. The van der Waals surface area contributed by atoms with Gasteiger partial charge in [0.2, 0.25) is 0 Å². The third-order valence-corrected chi connectivity index (χ3v) is 7.76. The van der Waals surface area contributed by atoms with Crippen LogP contribution in [-0.2, 0) is 17.7 Å². The van der Waals surface area contributed by atoms with E-state index >= 15 is 0 Å². The minimum absolute atomic E-state index is 0.00943. The van der Waals surface area contributed by atoms with Gasteiger partial charge in [0.25, 0.3) is 0 Å². The molecule has 3 aromatic rings. The average molecular weight is 445 g/mol. The van der Waals surface area contributed by atoms with Crippen molar-refractivity contribution in [3.05, 3.63) is 77.3 Å². The number of benzene rings is 1. The third kappa shape index (κ3) is 4.09. The predicted octanol–water partition coefficient (Wildman–Crippen LogP) is 5.32. The van der Waals surface area contributed by atoms with Gasteiger partial charge in [-0.25, -0.2) is 4.98 Å². The number of piperidine rings is 1. The number of nitrogens with one attached hydrogen (secondary N) is 1. The fourth-order valence-electron chi connectivity index (χ4n) is 5.36. The van der Waals surface area contributed by atoms with E-state index in [1.807, 2.05) is 0 Å². The largest absolute Gasteiger partial charge is 0.377 e. The van der Waals surface area contributed by atoms with Crippen molar-refractivity contribution in [1.82, 2.24) is 19.6 Å². The van der Waals surface area contributed by atoms with Gasteiger partial charge < -0.3 is 19.4 Å². The molecule has 1 atom stereocenters. The Labute approximate surface area is 197 Å². The van der Waals surface area contributed by atoms with Gasteiger partial charge in [-0.1, -0.05) is 44.7 Å². The van der Waals surface area contributed by atoms with E-state index in [2.05, 4.69) is 84.7 Å². The third-order valence-electron chi connectivity index (χ3n) is 7.76. The van der Waals surface area contributed by atoms with E-state index in [0.29, 0.717) is 5.92 Å². The molecule has 0 bridgehead atoms. The van der Waals surface area contributed by atoms with Gasteiger partial charge in [-0.05, 0) is 54.9 Å². The molecule has 5 nitrogen and oxygen atoms in total. The van der Waals surface area contributed by atoms with E-state index in [0.717, 1.165) is 61.5 Å². The molecule has 1 N–H and O–H groups in total. The summed E-state index contributed by atoms with van der Waals surface area (Å²) in [6.45, 7) is 14.0. The number of hydrogen-bond donors (Lipinski definition) is 1. The Morgan fingerprint density at radius 2 is 1.85 bits per heavy atom. The quantitative estimate of drug-likeness (QED) is 0.579. The Hall–Kier alpha value is -2.63. The molecule has 1 spiro atoms. The van der Waals surface area contributed by atoms with Crippen molar-refractivity contribution in [2.24, 2.45) is 0 Å². The van der Waals surface area contributed by atoms with Gasteiger partial charge in [0, 0.05) is 50.2 Å². The Bertz CT molecular complexity index is 1170. The molecule has 2 aliphatic heterocycles. The molecule has 5 rings (SSSR count). The molecule has 2 aliphatic rings. The number of pyridine rings is 1. The molecular formula is C28H36N4O. The highest BCUT2D eigenvalue weighted by Crippen LogP contribution is 2.34. The molecule has 174 valence electrons. The standard InChI is InChI=1S/C28H36N4O/c1-19(2)24-14-25(21(4)33-5)27-30-26(18-32(27)17-24)20(3)31-12-10-28(11-13-31)15-22-8-6-7-9-23(22)16-29-28/h6-9,14,17-19,21,29H,3,10-13,15-16H2,1-2,4-5H3. The van der Waals surface area contributed by atoms with Crippen molar-refractivity contribution >= 4 is 11.3 Å². The maximum absolute atomic E-state index is 5.66. The summed E-state index contributed by atoms with van der Waals surface area (Å²) in [4.78, 5) is 7.43. The predicted molar refractivity (Wildman–Crippen MR) is 134 cm³/mol. The summed E-state index contributed by atoms with van der Waals surface area (Å²) < 4.78 is 7.82. The molecular weight excluding hydrogens is 408 g/mol. The monoisotopic (exact) mass is 444 g/mol. The van der Waals surface area contributed by atoms with E-state index < -0.39 is 0 Å². The van der Waals surface area contributed by atoms with Crippen LogP contribution in [0.5, 0.6) is 0 Å². The second-order valence-electron chi connectivity index (χ2n) is 10.1. The summed E-state index contributed by atoms with van der Waals surface area (Å²) >= 11 is 0. The highest BCUT2D eigenvalue weighted by molar-refractivity contribution is 5.64.